The van der Waals surface area contributed by atoms with E-state index < -0.39 is 11.7 Å². The van der Waals surface area contributed by atoms with Crippen LogP contribution >= 0.6 is 0 Å². The monoisotopic (exact) mass is 440 g/mol. The normalized spacial score (nSPS) is 31.0. The molecule has 1 aliphatic carbocycles. The van der Waals surface area contributed by atoms with Crippen LogP contribution in [-0.4, -0.2) is 79.3 Å². The summed E-state index contributed by atoms with van der Waals surface area (Å²) in [7, 11) is 3.82. The van der Waals surface area contributed by atoms with E-state index >= 15 is 0 Å². The number of hydrogen-bond donors (Lipinski definition) is 1. The van der Waals surface area contributed by atoms with Crippen molar-refractivity contribution in [1.82, 2.24) is 9.80 Å². The summed E-state index contributed by atoms with van der Waals surface area (Å²) in [5.74, 6) is 0.859. The first-order chi connectivity index (χ1) is 15.5. The molecule has 1 aromatic rings. The van der Waals surface area contributed by atoms with Gasteiger partial charge in [-0.05, 0) is 55.7 Å². The van der Waals surface area contributed by atoms with Crippen molar-refractivity contribution in [2.45, 2.75) is 43.8 Å². The van der Waals surface area contributed by atoms with Crippen molar-refractivity contribution >= 4 is 5.78 Å². The second-order valence-corrected chi connectivity index (χ2v) is 9.45. The topological polar surface area (TPSA) is 62.2 Å². The summed E-state index contributed by atoms with van der Waals surface area (Å²) in [5, 5.41) is 12.4. The molecule has 1 saturated heterocycles. The number of ketones is 1. The Morgan fingerprint density at radius 3 is 2.59 bits per heavy atom. The van der Waals surface area contributed by atoms with Crippen LogP contribution < -0.4 is 4.74 Å². The fourth-order valence-electron chi connectivity index (χ4n) is 5.21. The predicted molar refractivity (Wildman–Crippen MR) is 125 cm³/mol. The minimum absolute atomic E-state index is 0.0517. The van der Waals surface area contributed by atoms with E-state index in [1.54, 1.807) is 7.11 Å². The van der Waals surface area contributed by atoms with Crippen LogP contribution in [0.15, 0.2) is 48.3 Å². The van der Waals surface area contributed by atoms with Crippen molar-refractivity contribution in [3.05, 3.63) is 53.8 Å². The van der Waals surface area contributed by atoms with Crippen LogP contribution in [0.25, 0.3) is 0 Å². The van der Waals surface area contributed by atoms with Crippen molar-refractivity contribution in [2.75, 3.05) is 46.9 Å². The van der Waals surface area contributed by atoms with Gasteiger partial charge < -0.3 is 24.4 Å². The van der Waals surface area contributed by atoms with Crippen molar-refractivity contribution in [3.8, 4) is 5.75 Å². The molecule has 4 rings (SSSR count). The highest BCUT2D eigenvalue weighted by atomic mass is 16.5. The Kier molecular flexibility index (Phi) is 7.33. The Hall–Kier alpha value is -2.15. The number of rotatable bonds is 6. The molecule has 6 nitrogen and oxygen atoms in total. The maximum absolute atomic E-state index is 12.4. The molecule has 0 radical (unpaired) electrons. The number of methoxy groups -OCH3 is 1. The number of ether oxygens (including phenoxy) is 2. The minimum atomic E-state index is -1.01. The smallest absolute Gasteiger partial charge is 0.203 e. The van der Waals surface area contributed by atoms with Gasteiger partial charge in [0, 0.05) is 51.1 Å². The van der Waals surface area contributed by atoms with Crippen molar-refractivity contribution in [1.29, 1.82) is 0 Å². The molecular formula is C26H36N2O4. The van der Waals surface area contributed by atoms with Gasteiger partial charge >= 0.3 is 0 Å². The molecule has 1 saturated carbocycles. The largest absolute Gasteiger partial charge is 0.497 e. The molecule has 174 valence electrons. The number of carbonyl (C=O) groups excluding carboxylic acids is 1. The summed E-state index contributed by atoms with van der Waals surface area (Å²) in [6.07, 6.45) is 8.61. The lowest BCUT2D eigenvalue weighted by molar-refractivity contribution is -0.118. The zero-order valence-electron chi connectivity index (χ0n) is 19.3. The Labute approximate surface area is 191 Å². The Morgan fingerprint density at radius 1 is 1.19 bits per heavy atom. The van der Waals surface area contributed by atoms with E-state index in [-0.39, 0.29) is 11.7 Å². The average Bonchev–Trinajstić information content (AvgIpc) is 3.14. The van der Waals surface area contributed by atoms with E-state index in [2.05, 4.69) is 16.8 Å². The number of hydrogen-bond acceptors (Lipinski definition) is 6. The van der Waals surface area contributed by atoms with Gasteiger partial charge in [-0.15, -0.1) is 0 Å². The summed E-state index contributed by atoms with van der Waals surface area (Å²) in [4.78, 5) is 17.1. The van der Waals surface area contributed by atoms with Gasteiger partial charge in [-0.3, -0.25) is 4.79 Å². The van der Waals surface area contributed by atoms with E-state index in [9.17, 15) is 9.90 Å². The molecule has 3 aliphatic rings. The fraction of sp³-hybridized carbons (Fsp3) is 0.577. The van der Waals surface area contributed by atoms with Crippen LogP contribution in [0.2, 0.25) is 0 Å². The van der Waals surface area contributed by atoms with Gasteiger partial charge in [0.25, 0.3) is 0 Å². The zero-order chi connectivity index (χ0) is 22.6. The third-order valence-corrected chi connectivity index (χ3v) is 7.28. The van der Waals surface area contributed by atoms with E-state index in [1.807, 2.05) is 30.3 Å². The van der Waals surface area contributed by atoms with Crippen LogP contribution in [0.5, 0.6) is 5.75 Å². The van der Waals surface area contributed by atoms with Crippen molar-refractivity contribution < 1.29 is 19.4 Å². The molecule has 2 fully saturated rings. The van der Waals surface area contributed by atoms with Gasteiger partial charge in [-0.1, -0.05) is 18.6 Å². The van der Waals surface area contributed by atoms with E-state index in [4.69, 9.17) is 9.47 Å². The highest BCUT2D eigenvalue weighted by Crippen LogP contribution is 2.40. The maximum Gasteiger partial charge on any atom is 0.203 e. The minimum Gasteiger partial charge on any atom is -0.497 e. The first-order valence-corrected chi connectivity index (χ1v) is 11.8. The molecule has 0 aromatic heterocycles. The third kappa shape index (κ3) is 5.25. The summed E-state index contributed by atoms with van der Waals surface area (Å²) in [6, 6.07) is 7.96. The van der Waals surface area contributed by atoms with E-state index in [0.29, 0.717) is 6.42 Å². The standard InChI is InChI=1S/C26H36N2O4/c1-27-12-14-28(15-13-27)19-22-6-4-3-5-21(17-25-24(29)11-16-32-25)26(22,30)18-20-7-9-23(31-2)10-8-20/h7-11,16-17,22,25,30H,3-6,12-15,18-19H2,1-2H3. The number of benzene rings is 1. The average molecular weight is 441 g/mol. The molecule has 3 atom stereocenters. The highest BCUT2D eigenvalue weighted by molar-refractivity contribution is 5.96. The molecule has 1 aromatic carbocycles. The predicted octanol–water partition coefficient (Wildman–Crippen LogP) is 2.81. The van der Waals surface area contributed by atoms with Gasteiger partial charge in [0.15, 0.2) is 6.10 Å². The van der Waals surface area contributed by atoms with E-state index in [0.717, 1.165) is 75.3 Å². The molecule has 0 bridgehead atoms. The molecule has 0 amide bonds. The second-order valence-electron chi connectivity index (χ2n) is 9.45. The van der Waals surface area contributed by atoms with Crippen LogP contribution in [-0.2, 0) is 16.0 Å². The molecule has 0 spiro atoms. The SMILES string of the molecule is COc1ccc(CC2(O)C(=CC3OC=CC3=O)CCCCC2CN2CCN(C)CC2)cc1. The van der Waals surface area contributed by atoms with Crippen molar-refractivity contribution in [2.24, 2.45) is 5.92 Å². The molecular weight excluding hydrogens is 404 g/mol. The first-order valence-electron chi connectivity index (χ1n) is 11.8. The van der Waals surface area contributed by atoms with Crippen LogP contribution in [0.1, 0.15) is 31.2 Å². The lowest BCUT2D eigenvalue weighted by Crippen LogP contribution is -2.51. The highest BCUT2D eigenvalue weighted by Gasteiger charge is 2.43. The quantitative estimate of drug-likeness (QED) is 0.542. The molecule has 1 N–H and O–H groups in total. The molecule has 32 heavy (non-hydrogen) atoms. The number of likely N-dealkylation sites (N-methyl/N-ethyl adjacent to an activating group) is 1. The number of piperazine rings is 1. The fourth-order valence-corrected chi connectivity index (χ4v) is 5.21. The Morgan fingerprint density at radius 2 is 1.94 bits per heavy atom. The summed E-state index contributed by atoms with van der Waals surface area (Å²) in [6.45, 7) is 5.04. The maximum atomic E-state index is 12.4. The van der Waals surface area contributed by atoms with E-state index in [1.165, 1.54) is 12.3 Å². The van der Waals surface area contributed by atoms with Gasteiger partial charge in [-0.25, -0.2) is 0 Å². The summed E-state index contributed by atoms with van der Waals surface area (Å²) in [5.41, 5.74) is 1.01. The first kappa shape index (κ1) is 23.0. The van der Waals surface area contributed by atoms with Gasteiger partial charge in [-0.2, -0.15) is 0 Å². The van der Waals surface area contributed by atoms with Gasteiger partial charge in [0.2, 0.25) is 5.78 Å². The lowest BCUT2D eigenvalue weighted by Gasteiger charge is -2.42. The van der Waals surface area contributed by atoms with Crippen molar-refractivity contribution in [3.63, 3.8) is 0 Å². The van der Waals surface area contributed by atoms with Crippen LogP contribution in [0, 0.1) is 5.92 Å². The zero-order valence-corrected chi connectivity index (χ0v) is 19.3. The van der Waals surface area contributed by atoms with Crippen LogP contribution in [0.3, 0.4) is 0 Å². The van der Waals surface area contributed by atoms with Gasteiger partial charge in [0.1, 0.15) is 5.75 Å². The summed E-state index contributed by atoms with van der Waals surface area (Å²) < 4.78 is 10.8. The second kappa shape index (κ2) is 10.2. The lowest BCUT2D eigenvalue weighted by atomic mass is 9.74. The molecule has 6 heteroatoms. The number of aliphatic hydroxyl groups is 1. The Balaban J connectivity index is 1.63. The summed E-state index contributed by atoms with van der Waals surface area (Å²) >= 11 is 0. The molecule has 3 unspecified atom stereocenters. The molecule has 2 aliphatic heterocycles. The van der Waals surface area contributed by atoms with Gasteiger partial charge in [0.05, 0.1) is 19.0 Å². The third-order valence-electron chi connectivity index (χ3n) is 7.28. The molecule has 2 heterocycles. The number of carbonyl (C=O) groups is 1. The van der Waals surface area contributed by atoms with Crippen LogP contribution in [0.4, 0.5) is 0 Å². The Bertz CT molecular complexity index is 842. The number of nitrogens with zero attached hydrogens (tertiary/aromatic N) is 2.